The van der Waals surface area contributed by atoms with Crippen molar-refractivity contribution in [3.8, 4) is 11.8 Å². The number of hydrogen-bond acceptors (Lipinski definition) is 6. The molecule has 0 aliphatic carbocycles. The van der Waals surface area contributed by atoms with Crippen LogP contribution in [0.25, 0.3) is 0 Å². The van der Waals surface area contributed by atoms with Crippen molar-refractivity contribution in [3.63, 3.8) is 0 Å². The molecular formula is C30H31F3N6O. The Morgan fingerprint density at radius 3 is 2.65 bits per heavy atom. The Balaban J connectivity index is 1.48. The number of hydrogen-bond donors (Lipinski definition) is 2. The van der Waals surface area contributed by atoms with Gasteiger partial charge in [-0.1, -0.05) is 18.1 Å². The van der Waals surface area contributed by atoms with Crippen LogP contribution in [0.4, 0.5) is 18.9 Å². The predicted octanol–water partition coefficient (Wildman–Crippen LogP) is 4.25. The van der Waals surface area contributed by atoms with Crippen molar-refractivity contribution in [3.05, 3.63) is 88.3 Å². The van der Waals surface area contributed by atoms with E-state index in [1.807, 2.05) is 24.9 Å². The fourth-order valence-electron chi connectivity index (χ4n) is 4.23. The lowest BCUT2D eigenvalue weighted by molar-refractivity contribution is -0.138. The Hall–Kier alpha value is -4.20. The molecule has 1 fully saturated rings. The molecular weight excluding hydrogens is 517 g/mol. The zero-order valence-corrected chi connectivity index (χ0v) is 22.4. The Labute approximate surface area is 232 Å². The number of alkyl halides is 3. The van der Waals surface area contributed by atoms with Crippen LogP contribution in [0.15, 0.2) is 70.4 Å². The predicted molar refractivity (Wildman–Crippen MR) is 152 cm³/mol. The third-order valence-corrected chi connectivity index (χ3v) is 6.61. The topological polar surface area (TPSA) is 86.3 Å². The van der Waals surface area contributed by atoms with E-state index in [2.05, 4.69) is 32.0 Å². The minimum atomic E-state index is -4.55. The summed E-state index contributed by atoms with van der Waals surface area (Å²) in [5.74, 6) is 5.22. The highest BCUT2D eigenvalue weighted by Gasteiger charge is 2.34. The average Bonchev–Trinajstić information content (AvgIpc) is 2.93. The summed E-state index contributed by atoms with van der Waals surface area (Å²) in [6, 6.07) is 8.86. The van der Waals surface area contributed by atoms with Crippen molar-refractivity contribution in [2.24, 2.45) is 15.7 Å². The molecule has 4 rings (SSSR count). The summed E-state index contributed by atoms with van der Waals surface area (Å²) in [6.07, 6.45) is 2.21. The van der Waals surface area contributed by atoms with Crippen LogP contribution in [0.1, 0.15) is 32.6 Å². The molecule has 0 saturated carbocycles. The lowest BCUT2D eigenvalue weighted by Crippen LogP contribution is -2.44. The second-order valence-corrected chi connectivity index (χ2v) is 9.74. The zero-order chi connectivity index (χ0) is 28.7. The van der Waals surface area contributed by atoms with E-state index in [1.165, 1.54) is 18.3 Å². The van der Waals surface area contributed by atoms with Crippen LogP contribution in [0, 0.1) is 18.8 Å². The molecule has 0 atom stereocenters. The van der Waals surface area contributed by atoms with Crippen molar-refractivity contribution in [1.82, 2.24) is 9.80 Å². The molecule has 2 aromatic rings. The average molecular weight is 549 g/mol. The summed E-state index contributed by atoms with van der Waals surface area (Å²) in [7, 11) is 1.99. The number of dihydropyridines is 1. The number of aryl methyl sites for hydroxylation is 1. The maximum atomic E-state index is 13.9. The number of nitrogens with one attached hydrogen (secondary N) is 1. The summed E-state index contributed by atoms with van der Waals surface area (Å²) < 4.78 is 41.8. The van der Waals surface area contributed by atoms with E-state index in [1.54, 1.807) is 30.5 Å². The first-order valence-electron chi connectivity index (χ1n) is 12.8. The van der Waals surface area contributed by atoms with Crippen LogP contribution in [0.3, 0.4) is 0 Å². The number of allylic oxidation sites excluding steroid dienone is 2. The molecule has 2 aliphatic heterocycles. The quantitative estimate of drug-likeness (QED) is 0.548. The number of piperazine rings is 1. The lowest BCUT2D eigenvalue weighted by atomic mass is 10.0. The first kappa shape index (κ1) is 28.8. The molecule has 1 saturated heterocycles. The number of halogens is 3. The van der Waals surface area contributed by atoms with E-state index in [-0.39, 0.29) is 29.1 Å². The number of carbonyl (C=O) groups excluding carboxylic acids is 1. The summed E-state index contributed by atoms with van der Waals surface area (Å²) in [5, 5.41) is 2.60. The number of nitrogens with two attached hydrogens (primary N) is 1. The molecule has 208 valence electrons. The Kier molecular flexibility index (Phi) is 9.19. The number of amides is 1. The van der Waals surface area contributed by atoms with Crippen LogP contribution in [-0.2, 0) is 12.7 Å². The molecule has 0 radical (unpaired) electrons. The van der Waals surface area contributed by atoms with Gasteiger partial charge in [0.05, 0.1) is 24.0 Å². The fraction of sp³-hybridized carbons (Fsp3) is 0.300. The number of nitrogens with zero attached hydrogens (tertiary/aromatic N) is 4. The SMILES string of the molecule is Cc1ccc(C(=O)Nc2ccc(CN3CCN(C)CC3)c(C(F)(F)F)c2)cc1C#C/C(N)=C/N=C1C=CC=NC1. The van der Waals surface area contributed by atoms with Crippen LogP contribution in [-0.4, -0.2) is 67.4 Å². The number of rotatable bonds is 5. The Bertz CT molecular complexity index is 1440. The van der Waals surface area contributed by atoms with E-state index in [0.717, 1.165) is 30.4 Å². The van der Waals surface area contributed by atoms with Crippen molar-refractivity contribution in [2.75, 3.05) is 45.1 Å². The molecule has 0 unspecified atom stereocenters. The first-order valence-corrected chi connectivity index (χ1v) is 12.8. The summed E-state index contributed by atoms with van der Waals surface area (Å²) >= 11 is 0. The molecule has 3 N–H and O–H groups in total. The van der Waals surface area contributed by atoms with Gasteiger partial charge in [-0.05, 0) is 67.4 Å². The van der Waals surface area contributed by atoms with E-state index in [9.17, 15) is 18.0 Å². The molecule has 0 aromatic heterocycles. The third kappa shape index (κ3) is 7.91. The van der Waals surface area contributed by atoms with Gasteiger partial charge in [-0.15, -0.1) is 0 Å². The normalized spacial score (nSPS) is 17.5. The lowest BCUT2D eigenvalue weighted by Gasteiger charge is -2.33. The number of likely N-dealkylation sites (N-methyl/N-ethyl adjacent to an activating group) is 1. The molecule has 0 spiro atoms. The Morgan fingerprint density at radius 2 is 1.95 bits per heavy atom. The summed E-state index contributed by atoms with van der Waals surface area (Å²) in [6.45, 7) is 5.52. The maximum absolute atomic E-state index is 13.9. The molecule has 1 amide bonds. The number of anilines is 1. The van der Waals surface area contributed by atoms with Crippen molar-refractivity contribution in [1.29, 1.82) is 0 Å². The number of benzene rings is 2. The van der Waals surface area contributed by atoms with E-state index in [4.69, 9.17) is 5.73 Å². The summed E-state index contributed by atoms with van der Waals surface area (Å²) in [5.41, 5.74) is 8.10. The zero-order valence-electron chi connectivity index (χ0n) is 22.4. The van der Waals surface area contributed by atoms with Gasteiger partial charge in [0.2, 0.25) is 0 Å². The van der Waals surface area contributed by atoms with Gasteiger partial charge >= 0.3 is 6.18 Å². The third-order valence-electron chi connectivity index (χ3n) is 6.61. The molecule has 40 heavy (non-hydrogen) atoms. The summed E-state index contributed by atoms with van der Waals surface area (Å²) in [4.78, 5) is 25.5. The van der Waals surface area contributed by atoms with Crippen LogP contribution >= 0.6 is 0 Å². The van der Waals surface area contributed by atoms with Crippen molar-refractivity contribution < 1.29 is 18.0 Å². The van der Waals surface area contributed by atoms with E-state index in [0.29, 0.717) is 25.2 Å². The van der Waals surface area contributed by atoms with Crippen LogP contribution < -0.4 is 11.1 Å². The Morgan fingerprint density at radius 1 is 1.18 bits per heavy atom. The smallest absolute Gasteiger partial charge is 0.391 e. The van der Waals surface area contributed by atoms with Gasteiger partial charge in [0.1, 0.15) is 5.70 Å². The molecule has 0 bridgehead atoms. The molecule has 2 aliphatic rings. The largest absolute Gasteiger partial charge is 0.416 e. The molecule has 2 heterocycles. The highest BCUT2D eigenvalue weighted by atomic mass is 19.4. The minimum Gasteiger partial charge on any atom is -0.391 e. The minimum absolute atomic E-state index is 0.0695. The monoisotopic (exact) mass is 548 g/mol. The van der Waals surface area contributed by atoms with Gasteiger partial charge in [0.25, 0.3) is 5.91 Å². The van der Waals surface area contributed by atoms with E-state index < -0.39 is 17.6 Å². The van der Waals surface area contributed by atoms with Gasteiger partial charge in [-0.25, -0.2) is 0 Å². The maximum Gasteiger partial charge on any atom is 0.416 e. The first-order chi connectivity index (χ1) is 19.1. The van der Waals surface area contributed by atoms with Crippen LogP contribution in [0.5, 0.6) is 0 Å². The fourth-order valence-corrected chi connectivity index (χ4v) is 4.23. The number of aliphatic imine (C=N–C) groups is 2. The van der Waals surface area contributed by atoms with Crippen molar-refractivity contribution >= 4 is 23.5 Å². The van der Waals surface area contributed by atoms with Gasteiger partial charge < -0.3 is 16.0 Å². The highest BCUT2D eigenvalue weighted by molar-refractivity contribution is 6.04. The van der Waals surface area contributed by atoms with E-state index >= 15 is 0 Å². The van der Waals surface area contributed by atoms with Crippen LogP contribution in [0.2, 0.25) is 0 Å². The molecule has 10 heteroatoms. The van der Waals surface area contributed by atoms with Gasteiger partial charge in [0.15, 0.2) is 0 Å². The van der Waals surface area contributed by atoms with Gasteiger partial charge in [0, 0.05) is 55.8 Å². The highest BCUT2D eigenvalue weighted by Crippen LogP contribution is 2.34. The second-order valence-electron chi connectivity index (χ2n) is 9.74. The molecule has 7 nitrogen and oxygen atoms in total. The van der Waals surface area contributed by atoms with Gasteiger partial charge in [-0.2, -0.15) is 13.2 Å². The molecule has 2 aromatic carbocycles. The second kappa shape index (κ2) is 12.8. The number of carbonyl (C=O) groups is 1. The standard InChI is InChI=1S/C30H31F3N6O/c1-21-5-6-23(16-22(21)7-9-25(34)18-36-27-4-3-11-35-19-27)29(40)37-26-10-8-24(28(17-26)30(31,32)33)20-39-14-12-38(2)13-15-39/h3-6,8,10-11,16-18H,12-15,19-20,34H2,1-2H3,(H,37,40)/b25-18-,36-27?. The van der Waals surface area contributed by atoms with Gasteiger partial charge in [-0.3, -0.25) is 19.7 Å². The van der Waals surface area contributed by atoms with Crippen molar-refractivity contribution in [2.45, 2.75) is 19.6 Å².